The number of aliphatic hydroxyl groups excluding tert-OH is 1. The second-order valence-corrected chi connectivity index (χ2v) is 7.20. The Kier molecular flexibility index (Phi) is 8.28. The molecular formula is C24H32N4O. The molecule has 1 heterocycles. The van der Waals surface area contributed by atoms with Crippen molar-refractivity contribution in [2.24, 2.45) is 4.99 Å². The molecule has 0 amide bonds. The summed E-state index contributed by atoms with van der Waals surface area (Å²) < 4.78 is 0. The third-order valence-corrected chi connectivity index (χ3v) is 5.17. The number of piperazine rings is 1. The van der Waals surface area contributed by atoms with Crippen molar-refractivity contribution in [1.29, 1.82) is 0 Å². The maximum absolute atomic E-state index is 9.52. The molecule has 2 N–H and O–H groups in total. The van der Waals surface area contributed by atoms with Gasteiger partial charge < -0.3 is 15.3 Å². The Bertz CT molecular complexity index is 796. The van der Waals surface area contributed by atoms with Crippen LogP contribution in [0, 0.1) is 0 Å². The lowest BCUT2D eigenvalue weighted by molar-refractivity contribution is 0.194. The third kappa shape index (κ3) is 6.44. The molecule has 3 rings (SSSR count). The molecule has 1 aliphatic heterocycles. The minimum Gasteiger partial charge on any atom is -0.392 e. The number of guanidine groups is 1. The first-order valence-corrected chi connectivity index (χ1v) is 10.4. The van der Waals surface area contributed by atoms with Crippen molar-refractivity contribution in [2.45, 2.75) is 20.1 Å². The lowest BCUT2D eigenvalue weighted by Crippen LogP contribution is -2.52. The van der Waals surface area contributed by atoms with Gasteiger partial charge in [0.25, 0.3) is 0 Å². The van der Waals surface area contributed by atoms with Crippen molar-refractivity contribution >= 4 is 12.0 Å². The molecule has 1 saturated heterocycles. The van der Waals surface area contributed by atoms with E-state index in [0.29, 0.717) is 6.54 Å². The topological polar surface area (TPSA) is 51.1 Å². The molecule has 154 valence electrons. The molecule has 2 aromatic rings. The van der Waals surface area contributed by atoms with Gasteiger partial charge in [-0.05, 0) is 23.6 Å². The van der Waals surface area contributed by atoms with Crippen LogP contribution in [0.2, 0.25) is 0 Å². The van der Waals surface area contributed by atoms with Gasteiger partial charge in [0.05, 0.1) is 13.2 Å². The summed E-state index contributed by atoms with van der Waals surface area (Å²) in [5, 5.41) is 12.9. The van der Waals surface area contributed by atoms with Gasteiger partial charge in [0, 0.05) is 39.3 Å². The molecule has 29 heavy (non-hydrogen) atoms. The Morgan fingerprint density at radius 1 is 1.00 bits per heavy atom. The number of benzene rings is 2. The fourth-order valence-corrected chi connectivity index (χ4v) is 3.50. The van der Waals surface area contributed by atoms with Crippen molar-refractivity contribution in [2.75, 3.05) is 39.3 Å². The summed E-state index contributed by atoms with van der Waals surface area (Å²) in [4.78, 5) is 9.64. The Morgan fingerprint density at radius 3 is 2.38 bits per heavy atom. The van der Waals surface area contributed by atoms with E-state index >= 15 is 0 Å². The molecule has 0 saturated carbocycles. The van der Waals surface area contributed by atoms with E-state index in [9.17, 15) is 5.11 Å². The maximum atomic E-state index is 9.52. The molecule has 0 atom stereocenters. The number of aliphatic imine (C=N–C) groups is 1. The van der Waals surface area contributed by atoms with Gasteiger partial charge in [0.15, 0.2) is 5.96 Å². The number of nitrogens with one attached hydrogen (secondary N) is 1. The predicted octanol–water partition coefficient (Wildman–Crippen LogP) is 2.98. The Hall–Kier alpha value is -2.63. The van der Waals surface area contributed by atoms with Crippen LogP contribution in [0.15, 0.2) is 65.7 Å². The number of hydrogen-bond acceptors (Lipinski definition) is 3. The van der Waals surface area contributed by atoms with Crippen LogP contribution in [-0.2, 0) is 13.2 Å². The van der Waals surface area contributed by atoms with Gasteiger partial charge in [0.2, 0.25) is 0 Å². The summed E-state index contributed by atoms with van der Waals surface area (Å²) in [6.45, 7) is 8.53. The maximum Gasteiger partial charge on any atom is 0.194 e. The molecule has 2 aromatic carbocycles. The zero-order chi connectivity index (χ0) is 20.3. The molecule has 0 aromatic heterocycles. The molecule has 1 aliphatic rings. The fraction of sp³-hybridized carbons (Fsp3) is 0.375. The Balaban J connectivity index is 1.53. The van der Waals surface area contributed by atoms with E-state index < -0.39 is 0 Å². The second-order valence-electron chi connectivity index (χ2n) is 7.20. The van der Waals surface area contributed by atoms with E-state index in [1.807, 2.05) is 30.3 Å². The van der Waals surface area contributed by atoms with Crippen LogP contribution < -0.4 is 5.32 Å². The summed E-state index contributed by atoms with van der Waals surface area (Å²) in [5.41, 5.74) is 3.27. The van der Waals surface area contributed by atoms with E-state index in [0.717, 1.165) is 56.4 Å². The van der Waals surface area contributed by atoms with E-state index in [1.54, 1.807) is 0 Å². The second kappa shape index (κ2) is 11.4. The van der Waals surface area contributed by atoms with Crippen molar-refractivity contribution in [3.8, 4) is 0 Å². The van der Waals surface area contributed by atoms with Crippen LogP contribution in [0.1, 0.15) is 23.6 Å². The normalized spacial score (nSPS) is 15.8. The molecule has 0 radical (unpaired) electrons. The SMILES string of the molecule is CCNC(=NCc1ccccc1CO)N1CCN(C/C=C/c2ccccc2)CC1. The zero-order valence-corrected chi connectivity index (χ0v) is 17.3. The summed E-state index contributed by atoms with van der Waals surface area (Å²) in [6, 6.07) is 18.4. The minimum atomic E-state index is 0.0530. The van der Waals surface area contributed by atoms with Crippen LogP contribution in [0.5, 0.6) is 0 Å². The highest BCUT2D eigenvalue weighted by Gasteiger charge is 2.18. The fourth-order valence-electron chi connectivity index (χ4n) is 3.50. The van der Waals surface area contributed by atoms with Crippen molar-refractivity contribution in [3.63, 3.8) is 0 Å². The molecule has 5 heteroatoms. The lowest BCUT2D eigenvalue weighted by atomic mass is 10.1. The van der Waals surface area contributed by atoms with Crippen molar-refractivity contribution in [3.05, 3.63) is 77.4 Å². The van der Waals surface area contributed by atoms with E-state index in [-0.39, 0.29) is 6.61 Å². The van der Waals surface area contributed by atoms with E-state index in [2.05, 4.69) is 58.5 Å². The predicted molar refractivity (Wildman–Crippen MR) is 121 cm³/mol. The Morgan fingerprint density at radius 2 is 1.69 bits per heavy atom. The van der Waals surface area contributed by atoms with Crippen LogP contribution in [0.4, 0.5) is 0 Å². The first kappa shape index (κ1) is 21.1. The van der Waals surface area contributed by atoms with Gasteiger partial charge in [-0.2, -0.15) is 0 Å². The quantitative estimate of drug-likeness (QED) is 0.562. The van der Waals surface area contributed by atoms with Crippen LogP contribution in [-0.4, -0.2) is 60.1 Å². The van der Waals surface area contributed by atoms with Crippen LogP contribution in [0.25, 0.3) is 6.08 Å². The van der Waals surface area contributed by atoms with Gasteiger partial charge in [-0.3, -0.25) is 4.90 Å². The number of rotatable bonds is 7. The molecule has 1 fully saturated rings. The number of nitrogens with zero attached hydrogens (tertiary/aromatic N) is 3. The highest BCUT2D eigenvalue weighted by molar-refractivity contribution is 5.80. The standard InChI is InChI=1S/C24H32N4O/c1-2-25-24(26-19-22-12-6-7-13-23(22)20-29)28-17-15-27(16-18-28)14-8-11-21-9-4-3-5-10-21/h3-13,29H,2,14-20H2,1H3,(H,25,26)/b11-8+. The van der Waals surface area contributed by atoms with Gasteiger partial charge in [-0.25, -0.2) is 4.99 Å². The van der Waals surface area contributed by atoms with Gasteiger partial charge in [-0.15, -0.1) is 0 Å². The summed E-state index contributed by atoms with van der Waals surface area (Å²) in [5.74, 6) is 0.958. The first-order valence-electron chi connectivity index (χ1n) is 10.4. The zero-order valence-electron chi connectivity index (χ0n) is 17.3. The molecule has 0 unspecified atom stereocenters. The number of aliphatic hydroxyl groups is 1. The smallest absolute Gasteiger partial charge is 0.194 e. The highest BCUT2D eigenvalue weighted by Crippen LogP contribution is 2.11. The average Bonchev–Trinajstić information content (AvgIpc) is 2.78. The first-order chi connectivity index (χ1) is 14.3. The van der Waals surface area contributed by atoms with E-state index in [1.165, 1.54) is 5.56 Å². The number of hydrogen-bond donors (Lipinski definition) is 2. The summed E-state index contributed by atoms with van der Waals surface area (Å²) in [7, 11) is 0. The van der Waals surface area contributed by atoms with Crippen molar-refractivity contribution in [1.82, 2.24) is 15.1 Å². The summed E-state index contributed by atoms with van der Waals surface area (Å²) in [6.07, 6.45) is 4.44. The van der Waals surface area contributed by atoms with Crippen LogP contribution >= 0.6 is 0 Å². The molecule has 0 aliphatic carbocycles. The largest absolute Gasteiger partial charge is 0.392 e. The average molecular weight is 393 g/mol. The van der Waals surface area contributed by atoms with E-state index in [4.69, 9.17) is 4.99 Å². The van der Waals surface area contributed by atoms with Crippen LogP contribution in [0.3, 0.4) is 0 Å². The summed E-state index contributed by atoms with van der Waals surface area (Å²) >= 11 is 0. The van der Waals surface area contributed by atoms with Crippen molar-refractivity contribution < 1.29 is 5.11 Å². The molecule has 0 spiro atoms. The Labute approximate surface area is 174 Å². The molecule has 5 nitrogen and oxygen atoms in total. The lowest BCUT2D eigenvalue weighted by Gasteiger charge is -2.36. The van der Waals surface area contributed by atoms with Gasteiger partial charge in [0.1, 0.15) is 0 Å². The monoisotopic (exact) mass is 392 g/mol. The van der Waals surface area contributed by atoms with Gasteiger partial charge >= 0.3 is 0 Å². The third-order valence-electron chi connectivity index (χ3n) is 5.17. The minimum absolute atomic E-state index is 0.0530. The highest BCUT2D eigenvalue weighted by atomic mass is 16.3. The molecular weight excluding hydrogens is 360 g/mol. The molecule has 0 bridgehead atoms. The van der Waals surface area contributed by atoms with Gasteiger partial charge in [-0.1, -0.05) is 66.7 Å².